The Morgan fingerprint density at radius 1 is 0.971 bits per heavy atom. The maximum Gasteiger partial charge on any atom is 0.257 e. The quantitative estimate of drug-likeness (QED) is 0.453. The molecule has 8 heteroatoms. The SMILES string of the molecule is O=C(NC1CCN(C(=O)c2cn(-c3ccccc3)nc2-c2cccs2)CC1)c1ccc(F)cc1. The van der Waals surface area contributed by atoms with E-state index in [1.54, 1.807) is 22.2 Å². The molecule has 0 aliphatic carbocycles. The second-order valence-electron chi connectivity index (χ2n) is 8.20. The van der Waals surface area contributed by atoms with Gasteiger partial charge in [-0.25, -0.2) is 9.07 Å². The summed E-state index contributed by atoms with van der Waals surface area (Å²) in [6, 6.07) is 19.1. The van der Waals surface area contributed by atoms with Crippen LogP contribution >= 0.6 is 11.3 Å². The van der Waals surface area contributed by atoms with Crippen LogP contribution in [0.3, 0.4) is 0 Å². The third-order valence-corrected chi connectivity index (χ3v) is 6.82. The van der Waals surface area contributed by atoms with Crippen LogP contribution in [0, 0.1) is 5.82 Å². The Morgan fingerprint density at radius 3 is 2.38 bits per heavy atom. The lowest BCUT2D eigenvalue weighted by Gasteiger charge is -2.32. The molecular formula is C26H23FN4O2S. The molecule has 1 aliphatic heterocycles. The number of rotatable bonds is 5. The number of benzene rings is 2. The van der Waals surface area contributed by atoms with Crippen LogP contribution in [0.5, 0.6) is 0 Å². The molecule has 4 aromatic rings. The minimum absolute atomic E-state index is 0.0367. The van der Waals surface area contributed by atoms with Gasteiger partial charge in [-0.05, 0) is 60.7 Å². The van der Waals surface area contributed by atoms with E-state index in [9.17, 15) is 14.0 Å². The number of piperidine rings is 1. The van der Waals surface area contributed by atoms with Crippen molar-refractivity contribution in [2.24, 2.45) is 0 Å². The fraction of sp³-hybridized carbons (Fsp3) is 0.192. The van der Waals surface area contributed by atoms with Crippen molar-refractivity contribution in [2.75, 3.05) is 13.1 Å². The molecule has 0 saturated carbocycles. The van der Waals surface area contributed by atoms with E-state index in [4.69, 9.17) is 5.10 Å². The molecule has 2 amide bonds. The highest BCUT2D eigenvalue weighted by atomic mass is 32.1. The molecule has 2 aromatic carbocycles. The van der Waals surface area contributed by atoms with Crippen LogP contribution in [-0.2, 0) is 0 Å². The van der Waals surface area contributed by atoms with Gasteiger partial charge in [-0.1, -0.05) is 24.3 Å². The summed E-state index contributed by atoms with van der Waals surface area (Å²) >= 11 is 1.55. The van der Waals surface area contributed by atoms with Gasteiger partial charge in [0.25, 0.3) is 11.8 Å². The van der Waals surface area contributed by atoms with E-state index in [-0.39, 0.29) is 23.7 Å². The Labute approximate surface area is 200 Å². The van der Waals surface area contributed by atoms with E-state index in [0.29, 0.717) is 42.8 Å². The molecule has 172 valence electrons. The van der Waals surface area contributed by atoms with E-state index in [1.165, 1.54) is 24.3 Å². The van der Waals surface area contributed by atoms with Crippen LogP contribution in [0.25, 0.3) is 16.3 Å². The maximum absolute atomic E-state index is 13.5. The molecule has 0 atom stereocenters. The minimum Gasteiger partial charge on any atom is -0.349 e. The molecule has 0 unspecified atom stereocenters. The maximum atomic E-state index is 13.5. The smallest absolute Gasteiger partial charge is 0.257 e. The first kappa shape index (κ1) is 22.0. The van der Waals surface area contributed by atoms with E-state index >= 15 is 0 Å². The number of para-hydroxylation sites is 1. The summed E-state index contributed by atoms with van der Waals surface area (Å²) in [6.45, 7) is 1.07. The average Bonchev–Trinajstić information content (AvgIpc) is 3.55. The van der Waals surface area contributed by atoms with Crippen LogP contribution in [0.2, 0.25) is 0 Å². The van der Waals surface area contributed by atoms with Crippen molar-refractivity contribution in [1.82, 2.24) is 20.0 Å². The summed E-state index contributed by atoms with van der Waals surface area (Å²) in [6.07, 6.45) is 3.11. The molecule has 1 saturated heterocycles. The normalized spacial score (nSPS) is 14.2. The van der Waals surface area contributed by atoms with Gasteiger partial charge in [0.05, 0.1) is 16.1 Å². The highest BCUT2D eigenvalue weighted by Crippen LogP contribution is 2.29. The number of likely N-dealkylation sites (tertiary alicyclic amines) is 1. The zero-order chi connectivity index (χ0) is 23.5. The number of aromatic nitrogens is 2. The van der Waals surface area contributed by atoms with E-state index in [1.807, 2.05) is 52.7 Å². The molecule has 6 nitrogen and oxygen atoms in total. The van der Waals surface area contributed by atoms with Crippen molar-refractivity contribution in [3.63, 3.8) is 0 Å². The molecule has 3 heterocycles. The number of thiophene rings is 1. The van der Waals surface area contributed by atoms with E-state index in [2.05, 4.69) is 5.32 Å². The first-order valence-corrected chi connectivity index (χ1v) is 12.0. The van der Waals surface area contributed by atoms with E-state index in [0.717, 1.165) is 10.6 Å². The third-order valence-electron chi connectivity index (χ3n) is 5.94. The topological polar surface area (TPSA) is 67.2 Å². The molecular weight excluding hydrogens is 451 g/mol. The predicted octanol–water partition coefficient (Wildman–Crippen LogP) is 4.77. The van der Waals surface area contributed by atoms with Crippen LogP contribution in [-0.4, -0.2) is 45.6 Å². The van der Waals surface area contributed by atoms with Crippen molar-refractivity contribution in [2.45, 2.75) is 18.9 Å². The first-order valence-electron chi connectivity index (χ1n) is 11.1. The van der Waals surface area contributed by atoms with Crippen molar-refractivity contribution >= 4 is 23.2 Å². The molecule has 0 bridgehead atoms. The first-order chi connectivity index (χ1) is 16.6. The molecule has 0 radical (unpaired) electrons. The molecule has 2 aromatic heterocycles. The van der Waals surface area contributed by atoms with Crippen LogP contribution in [0.1, 0.15) is 33.6 Å². The van der Waals surface area contributed by atoms with Crippen LogP contribution in [0.15, 0.2) is 78.3 Å². The number of hydrogen-bond donors (Lipinski definition) is 1. The standard InChI is InChI=1S/C26H23FN4O2S/c27-19-10-8-18(9-11-19)25(32)28-20-12-14-30(15-13-20)26(33)22-17-31(21-5-2-1-3-6-21)29-24(22)23-7-4-16-34-23/h1-11,16-17,20H,12-15H2,(H,28,32). The monoisotopic (exact) mass is 474 g/mol. The number of carbonyl (C=O) groups excluding carboxylic acids is 2. The zero-order valence-corrected chi connectivity index (χ0v) is 19.2. The molecule has 1 N–H and O–H groups in total. The Morgan fingerprint density at radius 2 is 1.71 bits per heavy atom. The number of carbonyl (C=O) groups is 2. The fourth-order valence-corrected chi connectivity index (χ4v) is 4.83. The molecule has 1 aliphatic rings. The molecule has 34 heavy (non-hydrogen) atoms. The van der Waals surface area contributed by atoms with Gasteiger partial charge in [0.1, 0.15) is 11.5 Å². The van der Waals surface area contributed by atoms with Gasteiger partial charge < -0.3 is 10.2 Å². The summed E-state index contributed by atoms with van der Waals surface area (Å²) in [5.74, 6) is -0.663. The van der Waals surface area contributed by atoms with Gasteiger partial charge in [0.2, 0.25) is 0 Å². The van der Waals surface area contributed by atoms with Gasteiger partial charge in [0.15, 0.2) is 0 Å². The fourth-order valence-electron chi connectivity index (χ4n) is 4.11. The largest absolute Gasteiger partial charge is 0.349 e. The Hall–Kier alpha value is -3.78. The Bertz CT molecular complexity index is 1280. The zero-order valence-electron chi connectivity index (χ0n) is 18.4. The summed E-state index contributed by atoms with van der Waals surface area (Å²) in [7, 11) is 0. The lowest BCUT2D eigenvalue weighted by atomic mass is 10.0. The summed E-state index contributed by atoms with van der Waals surface area (Å²) in [4.78, 5) is 28.7. The summed E-state index contributed by atoms with van der Waals surface area (Å²) in [5, 5.41) is 9.70. The van der Waals surface area contributed by atoms with Gasteiger partial charge in [-0.15, -0.1) is 11.3 Å². The molecule has 1 fully saturated rings. The highest BCUT2D eigenvalue weighted by molar-refractivity contribution is 7.13. The summed E-state index contributed by atoms with van der Waals surface area (Å²) < 4.78 is 14.9. The number of amides is 2. The van der Waals surface area contributed by atoms with Crippen molar-refractivity contribution < 1.29 is 14.0 Å². The molecule has 5 rings (SSSR count). The van der Waals surface area contributed by atoms with Gasteiger partial charge >= 0.3 is 0 Å². The van der Waals surface area contributed by atoms with Gasteiger partial charge in [-0.3, -0.25) is 9.59 Å². The third kappa shape index (κ3) is 4.63. The summed E-state index contributed by atoms with van der Waals surface area (Å²) in [5.41, 5.74) is 2.56. The molecule has 0 spiro atoms. The van der Waals surface area contributed by atoms with Crippen LogP contribution < -0.4 is 5.32 Å². The lowest BCUT2D eigenvalue weighted by molar-refractivity contribution is 0.0699. The number of nitrogens with one attached hydrogen (secondary N) is 1. The highest BCUT2D eigenvalue weighted by Gasteiger charge is 2.28. The van der Waals surface area contributed by atoms with Gasteiger partial charge in [-0.2, -0.15) is 5.10 Å². The van der Waals surface area contributed by atoms with Crippen molar-refractivity contribution in [3.05, 3.63) is 95.3 Å². The average molecular weight is 475 g/mol. The van der Waals surface area contributed by atoms with Gasteiger partial charge in [0, 0.05) is 30.9 Å². The van der Waals surface area contributed by atoms with E-state index < -0.39 is 0 Å². The Balaban J connectivity index is 1.29. The minimum atomic E-state index is -0.374. The second-order valence-corrected chi connectivity index (χ2v) is 9.14. The predicted molar refractivity (Wildman–Crippen MR) is 130 cm³/mol. The second kappa shape index (κ2) is 9.61. The number of nitrogens with zero attached hydrogens (tertiary/aromatic N) is 3. The number of hydrogen-bond acceptors (Lipinski definition) is 4. The van der Waals surface area contributed by atoms with Crippen LogP contribution in [0.4, 0.5) is 4.39 Å². The number of halogens is 1. The van der Waals surface area contributed by atoms with Crippen molar-refractivity contribution in [3.8, 4) is 16.3 Å². The van der Waals surface area contributed by atoms with Crippen molar-refractivity contribution in [1.29, 1.82) is 0 Å². The Kier molecular flexibility index (Phi) is 6.22. The lowest BCUT2D eigenvalue weighted by Crippen LogP contribution is -2.46.